The second-order valence-electron chi connectivity index (χ2n) is 5.60. The average molecular weight is 273 g/mol. The van der Waals surface area contributed by atoms with Crippen molar-refractivity contribution in [3.8, 4) is 0 Å². The molecule has 1 aliphatic rings. The Balaban J connectivity index is 1.74. The van der Waals surface area contributed by atoms with Crippen LogP contribution in [0.2, 0.25) is 0 Å². The first-order valence-corrected chi connectivity index (χ1v) is 7.01. The van der Waals surface area contributed by atoms with Gasteiger partial charge >= 0.3 is 5.97 Å². The number of aromatic nitrogens is 2. The fraction of sp³-hybridized carbons (Fsp3) is 0.467. The molecular formula is C15H19N3O2. The van der Waals surface area contributed by atoms with Crippen molar-refractivity contribution in [2.24, 2.45) is 5.41 Å². The second-order valence-corrected chi connectivity index (χ2v) is 5.60. The zero-order valence-electron chi connectivity index (χ0n) is 11.6. The standard InChI is InChI=1S/C15H19N3O2/c1-2-15(14(19)20)6-8-17(11-15)9-12-10-18-7-4-3-5-13(18)16-12/h3-5,7,10H,2,6,8-9,11H2,1H3,(H,19,20). The highest BCUT2D eigenvalue weighted by Gasteiger charge is 2.43. The lowest BCUT2D eigenvalue weighted by Crippen LogP contribution is -2.33. The predicted octanol–water partition coefficient (Wildman–Crippen LogP) is 2.02. The molecule has 1 unspecified atom stereocenters. The van der Waals surface area contributed by atoms with Gasteiger partial charge in [0, 0.05) is 25.5 Å². The summed E-state index contributed by atoms with van der Waals surface area (Å²) in [6, 6.07) is 5.91. The minimum Gasteiger partial charge on any atom is -0.481 e. The highest BCUT2D eigenvalue weighted by molar-refractivity contribution is 5.75. The Labute approximate surface area is 117 Å². The van der Waals surface area contributed by atoms with Gasteiger partial charge in [0.15, 0.2) is 0 Å². The topological polar surface area (TPSA) is 57.8 Å². The van der Waals surface area contributed by atoms with Crippen molar-refractivity contribution in [3.63, 3.8) is 0 Å². The molecule has 1 aliphatic heterocycles. The van der Waals surface area contributed by atoms with Gasteiger partial charge in [-0.2, -0.15) is 0 Å². The average Bonchev–Trinajstić information content (AvgIpc) is 3.03. The van der Waals surface area contributed by atoms with Crippen molar-refractivity contribution in [2.45, 2.75) is 26.3 Å². The van der Waals surface area contributed by atoms with Crippen LogP contribution in [-0.2, 0) is 11.3 Å². The lowest BCUT2D eigenvalue weighted by Gasteiger charge is -2.22. The van der Waals surface area contributed by atoms with Crippen LogP contribution in [0.15, 0.2) is 30.6 Å². The molecule has 5 nitrogen and oxygen atoms in total. The van der Waals surface area contributed by atoms with Gasteiger partial charge in [-0.1, -0.05) is 13.0 Å². The summed E-state index contributed by atoms with van der Waals surface area (Å²) in [6.07, 6.45) is 5.40. The molecule has 2 aromatic rings. The number of aliphatic carboxylic acids is 1. The maximum Gasteiger partial charge on any atom is 0.310 e. The van der Waals surface area contributed by atoms with E-state index < -0.39 is 11.4 Å². The van der Waals surface area contributed by atoms with E-state index >= 15 is 0 Å². The molecule has 1 fully saturated rings. The Morgan fingerprint density at radius 3 is 3.00 bits per heavy atom. The number of carboxylic acid groups (broad SMARTS) is 1. The molecule has 5 heteroatoms. The number of carboxylic acids is 1. The highest BCUT2D eigenvalue weighted by atomic mass is 16.4. The van der Waals surface area contributed by atoms with Crippen LogP contribution in [0.4, 0.5) is 0 Å². The SMILES string of the molecule is CCC1(C(=O)O)CCN(Cc2cn3ccccc3n2)C1. The first-order chi connectivity index (χ1) is 9.63. The zero-order chi connectivity index (χ0) is 14.2. The Kier molecular flexibility index (Phi) is 3.22. The first-order valence-electron chi connectivity index (χ1n) is 7.01. The summed E-state index contributed by atoms with van der Waals surface area (Å²) in [5.41, 5.74) is 1.36. The number of nitrogens with zero attached hydrogens (tertiary/aromatic N) is 3. The smallest absolute Gasteiger partial charge is 0.310 e. The highest BCUT2D eigenvalue weighted by Crippen LogP contribution is 2.34. The number of likely N-dealkylation sites (tertiary alicyclic amines) is 1. The van der Waals surface area contributed by atoms with Crippen molar-refractivity contribution in [1.29, 1.82) is 0 Å². The van der Waals surface area contributed by atoms with Gasteiger partial charge < -0.3 is 9.51 Å². The molecule has 106 valence electrons. The van der Waals surface area contributed by atoms with Crippen LogP contribution < -0.4 is 0 Å². The Morgan fingerprint density at radius 1 is 1.50 bits per heavy atom. The number of imidazole rings is 1. The summed E-state index contributed by atoms with van der Waals surface area (Å²) in [6.45, 7) is 4.12. The van der Waals surface area contributed by atoms with Gasteiger partial charge in [0.2, 0.25) is 0 Å². The molecule has 0 spiro atoms. The fourth-order valence-corrected chi connectivity index (χ4v) is 3.00. The number of hydrogen-bond donors (Lipinski definition) is 1. The summed E-state index contributed by atoms with van der Waals surface area (Å²) in [5, 5.41) is 9.42. The molecule has 3 rings (SSSR count). The van der Waals surface area contributed by atoms with E-state index in [-0.39, 0.29) is 0 Å². The van der Waals surface area contributed by atoms with Crippen LogP contribution in [0.1, 0.15) is 25.5 Å². The summed E-state index contributed by atoms with van der Waals surface area (Å²) in [7, 11) is 0. The van der Waals surface area contributed by atoms with Gasteiger partial charge in [0.05, 0.1) is 11.1 Å². The van der Waals surface area contributed by atoms with Crippen molar-refractivity contribution >= 4 is 11.6 Å². The van der Waals surface area contributed by atoms with Gasteiger partial charge in [-0.05, 0) is 31.5 Å². The molecule has 1 saturated heterocycles. The van der Waals surface area contributed by atoms with Crippen LogP contribution in [0, 0.1) is 5.41 Å². The molecule has 2 aromatic heterocycles. The van der Waals surface area contributed by atoms with E-state index in [1.165, 1.54) is 0 Å². The molecule has 3 heterocycles. The number of fused-ring (bicyclic) bond motifs is 1. The third kappa shape index (κ3) is 2.18. The van der Waals surface area contributed by atoms with Gasteiger partial charge in [-0.25, -0.2) is 4.98 Å². The van der Waals surface area contributed by atoms with Gasteiger partial charge in [0.1, 0.15) is 5.65 Å². The van der Waals surface area contributed by atoms with Gasteiger partial charge in [-0.15, -0.1) is 0 Å². The summed E-state index contributed by atoms with van der Waals surface area (Å²) in [4.78, 5) is 18.2. The lowest BCUT2D eigenvalue weighted by molar-refractivity contribution is -0.148. The van der Waals surface area contributed by atoms with E-state index in [0.29, 0.717) is 13.0 Å². The van der Waals surface area contributed by atoms with E-state index in [0.717, 1.165) is 30.9 Å². The summed E-state index contributed by atoms with van der Waals surface area (Å²) in [5.74, 6) is -0.669. The predicted molar refractivity (Wildman–Crippen MR) is 75.4 cm³/mol. The van der Waals surface area contributed by atoms with E-state index in [9.17, 15) is 9.90 Å². The van der Waals surface area contributed by atoms with E-state index in [2.05, 4.69) is 9.88 Å². The minimum absolute atomic E-state index is 0.570. The summed E-state index contributed by atoms with van der Waals surface area (Å²) < 4.78 is 2.00. The maximum absolute atomic E-state index is 11.4. The third-order valence-corrected chi connectivity index (χ3v) is 4.36. The number of pyridine rings is 1. The Bertz CT molecular complexity index is 604. The van der Waals surface area contributed by atoms with Crippen LogP contribution >= 0.6 is 0 Å². The number of hydrogen-bond acceptors (Lipinski definition) is 3. The quantitative estimate of drug-likeness (QED) is 0.926. The largest absolute Gasteiger partial charge is 0.481 e. The molecule has 1 N–H and O–H groups in total. The molecule has 0 aliphatic carbocycles. The maximum atomic E-state index is 11.4. The molecular weight excluding hydrogens is 254 g/mol. The summed E-state index contributed by atoms with van der Waals surface area (Å²) >= 11 is 0. The molecule has 0 bridgehead atoms. The van der Waals surface area contributed by atoms with Crippen molar-refractivity contribution in [2.75, 3.05) is 13.1 Å². The molecule has 0 radical (unpaired) electrons. The normalized spacial score (nSPS) is 23.4. The Hall–Kier alpha value is -1.88. The molecule has 20 heavy (non-hydrogen) atoms. The first kappa shape index (κ1) is 13.1. The third-order valence-electron chi connectivity index (χ3n) is 4.36. The van der Waals surface area contributed by atoms with Crippen LogP contribution in [0.25, 0.3) is 5.65 Å². The van der Waals surface area contributed by atoms with Crippen molar-refractivity contribution in [3.05, 3.63) is 36.3 Å². The minimum atomic E-state index is -0.669. The van der Waals surface area contributed by atoms with Gasteiger partial charge in [-0.3, -0.25) is 9.69 Å². The molecule has 0 amide bonds. The molecule has 0 saturated carbocycles. The Morgan fingerprint density at radius 2 is 2.35 bits per heavy atom. The molecule has 0 aromatic carbocycles. The zero-order valence-corrected chi connectivity index (χ0v) is 11.6. The monoisotopic (exact) mass is 273 g/mol. The number of rotatable bonds is 4. The fourth-order valence-electron chi connectivity index (χ4n) is 3.00. The van der Waals surface area contributed by atoms with E-state index in [4.69, 9.17) is 0 Å². The van der Waals surface area contributed by atoms with E-state index in [1.54, 1.807) is 0 Å². The van der Waals surface area contributed by atoms with Crippen LogP contribution in [-0.4, -0.2) is 38.4 Å². The van der Waals surface area contributed by atoms with Gasteiger partial charge in [0.25, 0.3) is 0 Å². The molecule has 1 atom stereocenters. The number of carbonyl (C=O) groups is 1. The van der Waals surface area contributed by atoms with E-state index in [1.807, 2.05) is 41.9 Å². The van der Waals surface area contributed by atoms with Crippen molar-refractivity contribution < 1.29 is 9.90 Å². The van der Waals surface area contributed by atoms with Crippen LogP contribution in [0.3, 0.4) is 0 Å². The second kappa shape index (κ2) is 4.90. The lowest BCUT2D eigenvalue weighted by atomic mass is 9.84. The van der Waals surface area contributed by atoms with Crippen LogP contribution in [0.5, 0.6) is 0 Å². The van der Waals surface area contributed by atoms with Crippen molar-refractivity contribution in [1.82, 2.24) is 14.3 Å².